The van der Waals surface area contributed by atoms with Gasteiger partial charge in [0.15, 0.2) is 17.3 Å². The smallest absolute Gasteiger partial charge is 0.185 e. The average molecular weight is 665 g/mol. The lowest BCUT2D eigenvalue weighted by atomic mass is 10.0. The van der Waals surface area contributed by atoms with Crippen molar-refractivity contribution in [3.63, 3.8) is 0 Å². The van der Waals surface area contributed by atoms with Crippen molar-refractivity contribution < 1.29 is 14.3 Å². The summed E-state index contributed by atoms with van der Waals surface area (Å²) in [6.45, 7) is 7.86. The molecule has 0 amide bonds. The molecule has 0 bridgehead atoms. The van der Waals surface area contributed by atoms with Crippen LogP contribution in [-0.2, 0) is 0 Å². The number of carbonyl (C=O) groups excluding carboxylic acids is 1. The second-order valence-electron chi connectivity index (χ2n) is 13.2. The zero-order valence-corrected chi connectivity index (χ0v) is 31.3. The molecule has 0 unspecified atom stereocenters. The Morgan fingerprint density at radius 2 is 1.02 bits per heavy atom. The molecular weight excluding hydrogens is 597 g/mol. The number of thioether (sulfide) groups is 1. The molecule has 0 aromatic heterocycles. The van der Waals surface area contributed by atoms with E-state index in [1.165, 1.54) is 126 Å². The van der Waals surface area contributed by atoms with Gasteiger partial charge in [-0.2, -0.15) is 0 Å². The molecule has 2 aromatic rings. The van der Waals surface area contributed by atoms with Crippen molar-refractivity contribution in [1.82, 2.24) is 0 Å². The molecule has 0 aliphatic carbocycles. The molecule has 4 heteroatoms. The Hall–Kier alpha value is -2.20. The predicted molar refractivity (Wildman–Crippen MR) is 207 cm³/mol. The van der Waals surface area contributed by atoms with Gasteiger partial charge in [-0.1, -0.05) is 161 Å². The van der Waals surface area contributed by atoms with Gasteiger partial charge < -0.3 is 9.47 Å². The average Bonchev–Trinajstić information content (AvgIpc) is 3.09. The van der Waals surface area contributed by atoms with Crippen LogP contribution in [0.1, 0.15) is 178 Å². The molecule has 0 radical (unpaired) electrons. The Morgan fingerprint density at radius 1 is 0.553 bits per heavy atom. The van der Waals surface area contributed by atoms with E-state index >= 15 is 0 Å². The lowest BCUT2D eigenvalue weighted by Crippen LogP contribution is -2.04. The summed E-state index contributed by atoms with van der Waals surface area (Å²) in [6.07, 6.45) is 33.2. The number of ether oxygens (including phenoxy) is 2. The molecule has 264 valence electrons. The van der Waals surface area contributed by atoms with E-state index in [9.17, 15) is 4.79 Å². The van der Waals surface area contributed by atoms with Crippen LogP contribution in [0.5, 0.6) is 11.5 Å². The van der Waals surface area contributed by atoms with Crippen LogP contribution in [0.2, 0.25) is 0 Å². The second-order valence-corrected chi connectivity index (χ2v) is 14.4. The van der Waals surface area contributed by atoms with Gasteiger partial charge in [0.2, 0.25) is 0 Å². The third-order valence-electron chi connectivity index (χ3n) is 8.81. The van der Waals surface area contributed by atoms with Crippen molar-refractivity contribution in [3.8, 4) is 11.5 Å². The zero-order chi connectivity index (χ0) is 33.6. The summed E-state index contributed by atoms with van der Waals surface area (Å²) >= 11 is 1.94. The minimum absolute atomic E-state index is 0.0296. The van der Waals surface area contributed by atoms with Gasteiger partial charge in [-0.3, -0.25) is 4.79 Å². The molecule has 3 nitrogen and oxygen atoms in total. The van der Waals surface area contributed by atoms with Crippen LogP contribution in [0.25, 0.3) is 6.08 Å². The minimum atomic E-state index is -0.0296. The number of unbranched alkanes of at least 4 members (excludes halogenated alkanes) is 19. The molecule has 0 saturated heterocycles. The molecule has 2 rings (SSSR count). The van der Waals surface area contributed by atoms with Crippen LogP contribution < -0.4 is 9.47 Å². The fourth-order valence-corrected chi connectivity index (χ4v) is 6.60. The van der Waals surface area contributed by atoms with Crippen molar-refractivity contribution in [2.24, 2.45) is 0 Å². The second kappa shape index (κ2) is 28.8. The van der Waals surface area contributed by atoms with Crippen molar-refractivity contribution in [3.05, 3.63) is 59.7 Å². The van der Waals surface area contributed by atoms with Crippen molar-refractivity contribution >= 4 is 23.6 Å². The fraction of sp³-hybridized carbons (Fsp3) is 0.651. The van der Waals surface area contributed by atoms with Gasteiger partial charge >= 0.3 is 0 Å². The number of ketones is 1. The highest BCUT2D eigenvalue weighted by Gasteiger charge is 2.11. The maximum Gasteiger partial charge on any atom is 0.185 e. The van der Waals surface area contributed by atoms with Crippen LogP contribution in [0.3, 0.4) is 0 Å². The molecule has 47 heavy (non-hydrogen) atoms. The van der Waals surface area contributed by atoms with E-state index in [1.807, 2.05) is 36.0 Å². The summed E-state index contributed by atoms with van der Waals surface area (Å²) in [5, 5.41) is 0. The number of benzene rings is 2. The van der Waals surface area contributed by atoms with Crippen molar-refractivity contribution in [2.75, 3.05) is 19.0 Å². The highest BCUT2D eigenvalue weighted by atomic mass is 32.2. The predicted octanol–water partition coefficient (Wildman–Crippen LogP) is 14.1. The highest BCUT2D eigenvalue weighted by Crippen LogP contribution is 2.30. The molecule has 0 aliphatic heterocycles. The van der Waals surface area contributed by atoms with E-state index in [1.54, 1.807) is 6.08 Å². The molecular formula is C43H68O3S. The summed E-state index contributed by atoms with van der Waals surface area (Å²) in [4.78, 5) is 14.2. The summed E-state index contributed by atoms with van der Waals surface area (Å²) < 4.78 is 11.9. The standard InChI is InChI=1S/C43H68O3S/c1-4-7-10-11-12-13-14-15-16-17-18-19-20-21-22-23-24-25-36-47-40-30-26-38(27-31-40)28-32-41(44)39-29-33-42(45-34-8-5-2)43(37-39)46-35-9-6-3/h26-33,37H,4-25,34-36H2,1-3H3. The van der Waals surface area contributed by atoms with Crippen LogP contribution >= 0.6 is 11.8 Å². The molecule has 0 saturated carbocycles. The van der Waals surface area contributed by atoms with Crippen molar-refractivity contribution in [1.29, 1.82) is 0 Å². The van der Waals surface area contributed by atoms with E-state index in [2.05, 4.69) is 45.0 Å². The first-order chi connectivity index (χ1) is 23.2. The lowest BCUT2D eigenvalue weighted by molar-refractivity contribution is 0.104. The SMILES string of the molecule is CCCCCCCCCCCCCCCCCCCCSc1ccc(C=CC(=O)c2ccc(OCCCC)c(OCCCC)c2)cc1. The van der Waals surface area contributed by atoms with Gasteiger partial charge in [-0.15, -0.1) is 11.8 Å². The van der Waals surface area contributed by atoms with Crippen LogP contribution in [0.15, 0.2) is 53.4 Å². The largest absolute Gasteiger partial charge is 0.490 e. The van der Waals surface area contributed by atoms with Gasteiger partial charge in [-0.05, 0) is 67.0 Å². The fourth-order valence-electron chi connectivity index (χ4n) is 5.68. The normalized spacial score (nSPS) is 11.4. The van der Waals surface area contributed by atoms with Gasteiger partial charge in [-0.25, -0.2) is 0 Å². The van der Waals surface area contributed by atoms with E-state index in [0.717, 1.165) is 31.2 Å². The lowest BCUT2D eigenvalue weighted by Gasteiger charge is -2.13. The van der Waals surface area contributed by atoms with Gasteiger partial charge in [0.25, 0.3) is 0 Å². The third-order valence-corrected chi connectivity index (χ3v) is 9.91. The Kier molecular flexibility index (Phi) is 25.1. The van der Waals surface area contributed by atoms with E-state index in [0.29, 0.717) is 30.3 Å². The number of hydrogen-bond donors (Lipinski definition) is 0. The minimum Gasteiger partial charge on any atom is -0.490 e. The van der Waals surface area contributed by atoms with Gasteiger partial charge in [0.1, 0.15) is 0 Å². The molecule has 0 atom stereocenters. The third kappa shape index (κ3) is 20.7. The van der Waals surface area contributed by atoms with Gasteiger partial charge in [0.05, 0.1) is 13.2 Å². The van der Waals surface area contributed by atoms with Crippen LogP contribution in [0.4, 0.5) is 0 Å². The molecule has 0 aliphatic rings. The summed E-state index contributed by atoms with van der Waals surface area (Å²) in [6, 6.07) is 14.1. The molecule has 2 aromatic carbocycles. The monoisotopic (exact) mass is 664 g/mol. The van der Waals surface area contributed by atoms with Crippen molar-refractivity contribution in [2.45, 2.75) is 167 Å². The Labute approximate surface area is 294 Å². The quantitative estimate of drug-likeness (QED) is 0.0348. The van der Waals surface area contributed by atoms with E-state index in [-0.39, 0.29) is 5.78 Å². The summed E-state index contributed by atoms with van der Waals surface area (Å²) in [7, 11) is 0. The van der Waals surface area contributed by atoms with E-state index in [4.69, 9.17) is 9.47 Å². The molecule has 0 fully saturated rings. The Morgan fingerprint density at radius 3 is 1.53 bits per heavy atom. The van der Waals surface area contributed by atoms with Crippen LogP contribution in [-0.4, -0.2) is 24.7 Å². The number of hydrogen-bond acceptors (Lipinski definition) is 4. The number of carbonyl (C=O) groups is 1. The first-order valence-electron chi connectivity index (χ1n) is 19.5. The molecule has 0 spiro atoms. The maximum absolute atomic E-state index is 12.9. The maximum atomic E-state index is 12.9. The Bertz CT molecular complexity index is 1060. The first-order valence-corrected chi connectivity index (χ1v) is 20.5. The Balaban J connectivity index is 1.55. The number of rotatable bonds is 31. The zero-order valence-electron chi connectivity index (χ0n) is 30.5. The van der Waals surface area contributed by atoms with Gasteiger partial charge in [0, 0.05) is 10.5 Å². The topological polar surface area (TPSA) is 35.5 Å². The van der Waals surface area contributed by atoms with Crippen LogP contribution in [0, 0.1) is 0 Å². The summed E-state index contributed by atoms with van der Waals surface area (Å²) in [5.41, 5.74) is 1.65. The molecule has 0 N–H and O–H groups in total. The molecule has 0 heterocycles. The highest BCUT2D eigenvalue weighted by molar-refractivity contribution is 7.99. The summed E-state index contributed by atoms with van der Waals surface area (Å²) in [5.74, 6) is 2.52. The first kappa shape index (κ1) is 41.0. The van der Waals surface area contributed by atoms with E-state index < -0.39 is 0 Å². The number of allylic oxidation sites excluding steroid dienone is 1.